The normalized spacial score (nSPS) is 16.6. The highest BCUT2D eigenvalue weighted by molar-refractivity contribution is 6.39. The first kappa shape index (κ1) is 22.2. The maximum atomic E-state index is 13.1. The molecule has 3 rings (SSSR count). The van der Waals surface area contributed by atoms with Gasteiger partial charge >= 0.3 is 6.03 Å². The Morgan fingerprint density at radius 1 is 0.935 bits per heavy atom. The van der Waals surface area contributed by atoms with Gasteiger partial charge in [-0.2, -0.15) is 0 Å². The number of anilines is 1. The Bertz CT molecular complexity index is 1060. The minimum Gasteiger partial charge on any atom is -0.507 e. The number of phenolic OH excluding ortho intramolecular Hbond substituents is 1. The number of pyridine rings is 1. The summed E-state index contributed by atoms with van der Waals surface area (Å²) in [7, 11) is 0. The lowest BCUT2D eigenvalue weighted by atomic mass is 9.78. The Balaban J connectivity index is 2.16. The van der Waals surface area contributed by atoms with Crippen LogP contribution in [0.25, 0.3) is 6.08 Å². The first-order chi connectivity index (χ1) is 14.3. The monoisotopic (exact) mass is 421 g/mol. The molecule has 1 aliphatic heterocycles. The Hall–Kier alpha value is -3.48. The molecule has 2 aromatic rings. The van der Waals surface area contributed by atoms with Crippen LogP contribution in [0.1, 0.15) is 58.2 Å². The smallest absolute Gasteiger partial charge is 0.335 e. The fraction of sp³-hybridized carbons (Fsp3) is 0.333. The number of carbonyl (C=O) groups is 3. The molecule has 4 amide bonds. The Morgan fingerprint density at radius 3 is 1.94 bits per heavy atom. The van der Waals surface area contributed by atoms with Gasteiger partial charge in [0.15, 0.2) is 0 Å². The molecule has 1 saturated heterocycles. The second kappa shape index (κ2) is 7.65. The van der Waals surface area contributed by atoms with Gasteiger partial charge in [0.25, 0.3) is 11.8 Å². The molecule has 0 aliphatic carbocycles. The number of barbiturate groups is 1. The second-order valence-electron chi connectivity index (χ2n) is 9.63. The summed E-state index contributed by atoms with van der Waals surface area (Å²) in [5, 5.41) is 13.1. The number of nitrogens with one attached hydrogen (secondary N) is 1. The highest BCUT2D eigenvalue weighted by Gasteiger charge is 2.37. The van der Waals surface area contributed by atoms with Crippen molar-refractivity contribution < 1.29 is 19.5 Å². The fourth-order valence-corrected chi connectivity index (χ4v) is 3.44. The molecule has 0 atom stereocenters. The van der Waals surface area contributed by atoms with Crippen LogP contribution in [0.5, 0.6) is 5.75 Å². The molecule has 1 aromatic heterocycles. The van der Waals surface area contributed by atoms with E-state index in [9.17, 15) is 19.5 Å². The average Bonchev–Trinajstić information content (AvgIpc) is 2.65. The molecule has 0 spiro atoms. The van der Waals surface area contributed by atoms with Crippen molar-refractivity contribution in [3.8, 4) is 5.75 Å². The third-order valence-corrected chi connectivity index (χ3v) is 5.08. The molecule has 1 fully saturated rings. The van der Waals surface area contributed by atoms with E-state index < -0.39 is 17.8 Å². The van der Waals surface area contributed by atoms with Crippen molar-refractivity contribution in [2.45, 2.75) is 52.4 Å². The molecule has 7 nitrogen and oxygen atoms in total. The third-order valence-electron chi connectivity index (χ3n) is 5.08. The minimum atomic E-state index is -0.810. The molecule has 2 N–H and O–H groups in total. The van der Waals surface area contributed by atoms with E-state index >= 15 is 0 Å². The quantitative estimate of drug-likeness (QED) is 0.563. The maximum absolute atomic E-state index is 13.1. The minimum absolute atomic E-state index is 0.165. The summed E-state index contributed by atoms with van der Waals surface area (Å²) in [5.74, 6) is -1.28. The fourth-order valence-electron chi connectivity index (χ4n) is 3.44. The third kappa shape index (κ3) is 4.35. The van der Waals surface area contributed by atoms with E-state index in [1.54, 1.807) is 12.1 Å². The van der Waals surface area contributed by atoms with Crippen LogP contribution in [0.3, 0.4) is 0 Å². The number of rotatable bonds is 2. The van der Waals surface area contributed by atoms with E-state index in [2.05, 4.69) is 10.3 Å². The number of nitrogens with zero attached hydrogens (tertiary/aromatic N) is 2. The number of carbonyl (C=O) groups excluding carboxylic acids is 3. The van der Waals surface area contributed by atoms with Gasteiger partial charge in [0.2, 0.25) is 0 Å². The molecular formula is C24H27N3O4. The van der Waals surface area contributed by atoms with Crippen molar-refractivity contribution in [2.75, 3.05) is 4.90 Å². The molecule has 0 saturated carbocycles. The molecule has 31 heavy (non-hydrogen) atoms. The highest BCUT2D eigenvalue weighted by Crippen LogP contribution is 2.40. The summed E-state index contributed by atoms with van der Waals surface area (Å²) in [6.45, 7) is 11.9. The van der Waals surface area contributed by atoms with Gasteiger partial charge < -0.3 is 5.11 Å². The molecule has 162 valence electrons. The largest absolute Gasteiger partial charge is 0.507 e. The number of hydrogen-bond acceptors (Lipinski definition) is 5. The van der Waals surface area contributed by atoms with E-state index in [-0.39, 0.29) is 22.2 Å². The molecule has 7 heteroatoms. The number of benzene rings is 1. The summed E-state index contributed by atoms with van der Waals surface area (Å²) in [6.07, 6.45) is 4.38. The van der Waals surface area contributed by atoms with Gasteiger partial charge in [-0.25, -0.2) is 9.69 Å². The van der Waals surface area contributed by atoms with Crippen LogP contribution in [0.2, 0.25) is 0 Å². The standard InChI is InChI=1S/C24H27N3O4/c1-23(2,3)17-12-14(13-18(19(17)28)24(4,5)6)11-16-20(29)26-22(31)27(21(16)30)15-7-9-25-10-8-15/h7-13,28H,1-6H3,(H,26,29,31)/b16-11+. The van der Waals surface area contributed by atoms with Gasteiger partial charge in [0.05, 0.1) is 5.69 Å². The van der Waals surface area contributed by atoms with Crippen LogP contribution in [-0.4, -0.2) is 27.9 Å². The van der Waals surface area contributed by atoms with Gasteiger partial charge in [-0.15, -0.1) is 0 Å². The van der Waals surface area contributed by atoms with Crippen molar-refractivity contribution in [1.82, 2.24) is 10.3 Å². The van der Waals surface area contributed by atoms with E-state index in [1.165, 1.54) is 30.6 Å². The van der Waals surface area contributed by atoms with Crippen LogP contribution in [0.15, 0.2) is 42.2 Å². The molecule has 0 bridgehead atoms. The molecule has 0 unspecified atom stereocenters. The predicted molar refractivity (Wildman–Crippen MR) is 119 cm³/mol. The zero-order valence-electron chi connectivity index (χ0n) is 18.6. The summed E-state index contributed by atoms with van der Waals surface area (Å²) in [6, 6.07) is 5.76. The van der Waals surface area contributed by atoms with Crippen LogP contribution >= 0.6 is 0 Å². The number of aromatic nitrogens is 1. The topological polar surface area (TPSA) is 99.6 Å². The molecule has 1 aromatic carbocycles. The average molecular weight is 421 g/mol. The molecular weight excluding hydrogens is 394 g/mol. The van der Waals surface area contributed by atoms with E-state index in [4.69, 9.17) is 0 Å². The first-order valence-corrected chi connectivity index (χ1v) is 10.00. The summed E-state index contributed by atoms with van der Waals surface area (Å²) >= 11 is 0. The summed E-state index contributed by atoms with van der Waals surface area (Å²) < 4.78 is 0. The number of aromatic hydroxyl groups is 1. The van der Waals surface area contributed by atoms with Crippen LogP contribution in [-0.2, 0) is 20.4 Å². The zero-order valence-corrected chi connectivity index (χ0v) is 18.6. The van der Waals surface area contributed by atoms with E-state index in [0.29, 0.717) is 22.4 Å². The van der Waals surface area contributed by atoms with E-state index in [0.717, 1.165) is 4.90 Å². The number of hydrogen-bond donors (Lipinski definition) is 2. The van der Waals surface area contributed by atoms with E-state index in [1.807, 2.05) is 41.5 Å². The van der Waals surface area contributed by atoms with Gasteiger partial charge in [-0.1, -0.05) is 41.5 Å². The van der Waals surface area contributed by atoms with Crippen molar-refractivity contribution in [3.05, 3.63) is 58.9 Å². The van der Waals surface area contributed by atoms with Crippen molar-refractivity contribution in [3.63, 3.8) is 0 Å². The number of imide groups is 2. The van der Waals surface area contributed by atoms with Crippen molar-refractivity contribution in [1.29, 1.82) is 0 Å². The number of urea groups is 1. The molecule has 2 heterocycles. The lowest BCUT2D eigenvalue weighted by molar-refractivity contribution is -0.122. The van der Waals surface area contributed by atoms with Crippen molar-refractivity contribution >= 4 is 29.6 Å². The highest BCUT2D eigenvalue weighted by atomic mass is 16.3. The summed E-state index contributed by atoms with van der Waals surface area (Å²) in [5.41, 5.74) is 1.42. The van der Waals surface area contributed by atoms with Gasteiger partial charge in [-0.05, 0) is 46.7 Å². The summed E-state index contributed by atoms with van der Waals surface area (Å²) in [4.78, 5) is 42.7. The van der Waals surface area contributed by atoms with Crippen LogP contribution in [0, 0.1) is 0 Å². The second-order valence-corrected chi connectivity index (χ2v) is 9.63. The predicted octanol–water partition coefficient (Wildman–Crippen LogP) is 4.05. The van der Waals surface area contributed by atoms with Crippen LogP contribution < -0.4 is 10.2 Å². The van der Waals surface area contributed by atoms with Gasteiger partial charge in [0.1, 0.15) is 11.3 Å². The maximum Gasteiger partial charge on any atom is 0.335 e. The molecule has 1 aliphatic rings. The zero-order chi connectivity index (χ0) is 23.1. The van der Waals surface area contributed by atoms with Gasteiger partial charge in [-0.3, -0.25) is 19.9 Å². The Labute approximate surface area is 181 Å². The lowest BCUT2D eigenvalue weighted by Crippen LogP contribution is -2.54. The van der Waals surface area contributed by atoms with Crippen LogP contribution in [0.4, 0.5) is 10.5 Å². The SMILES string of the molecule is CC(C)(C)c1cc(/C=C2\C(=O)NC(=O)N(c3ccncc3)C2=O)cc(C(C)(C)C)c1O. The van der Waals surface area contributed by atoms with Gasteiger partial charge in [0, 0.05) is 23.5 Å². The Kier molecular flexibility index (Phi) is 5.48. The first-order valence-electron chi connectivity index (χ1n) is 10.00. The number of phenols is 1. The van der Waals surface area contributed by atoms with Crippen molar-refractivity contribution in [2.24, 2.45) is 0 Å². The molecule has 0 radical (unpaired) electrons. The lowest BCUT2D eigenvalue weighted by Gasteiger charge is -2.28. The Morgan fingerprint density at radius 2 is 1.45 bits per heavy atom. The number of amides is 4.